The maximum atomic E-state index is 12.5. The molecule has 120 valence electrons. The van der Waals surface area contributed by atoms with Gasteiger partial charge in [-0.25, -0.2) is 0 Å². The SMILES string of the molecule is COc1ccc(C)c(N2CC(c3nc(C4CC4)no3)CC2=O)c1. The molecule has 0 spiro atoms. The predicted octanol–water partition coefficient (Wildman–Crippen LogP) is 2.78. The van der Waals surface area contributed by atoms with Crippen molar-refractivity contribution in [3.8, 4) is 5.75 Å². The van der Waals surface area contributed by atoms with Gasteiger partial charge in [-0.1, -0.05) is 11.2 Å². The van der Waals surface area contributed by atoms with Crippen molar-refractivity contribution in [2.24, 2.45) is 0 Å². The molecule has 0 bridgehead atoms. The molecule has 1 aromatic heterocycles. The van der Waals surface area contributed by atoms with Gasteiger partial charge in [-0.05, 0) is 31.4 Å². The zero-order valence-electron chi connectivity index (χ0n) is 13.3. The van der Waals surface area contributed by atoms with Crippen LogP contribution in [0.3, 0.4) is 0 Å². The molecule has 2 aliphatic rings. The normalized spacial score (nSPS) is 21.0. The second-order valence-electron chi connectivity index (χ2n) is 6.32. The molecule has 0 N–H and O–H groups in total. The lowest BCUT2D eigenvalue weighted by Gasteiger charge is -2.19. The van der Waals surface area contributed by atoms with Crippen molar-refractivity contribution in [1.29, 1.82) is 0 Å². The fourth-order valence-electron chi connectivity index (χ4n) is 3.03. The standard InChI is InChI=1S/C17H19N3O3/c1-10-3-6-13(22-2)8-14(10)20-9-12(7-15(20)21)17-18-16(19-23-17)11-4-5-11/h3,6,8,11-12H,4-5,7,9H2,1-2H3. The number of carbonyl (C=O) groups excluding carboxylic acids is 1. The van der Waals surface area contributed by atoms with Crippen LogP contribution in [0.2, 0.25) is 0 Å². The van der Waals surface area contributed by atoms with Crippen LogP contribution in [0, 0.1) is 6.92 Å². The Morgan fingerprint density at radius 3 is 2.87 bits per heavy atom. The van der Waals surface area contributed by atoms with Crippen molar-refractivity contribution in [3.05, 3.63) is 35.5 Å². The van der Waals surface area contributed by atoms with Crippen LogP contribution in [0.25, 0.3) is 0 Å². The lowest BCUT2D eigenvalue weighted by atomic mass is 10.1. The summed E-state index contributed by atoms with van der Waals surface area (Å²) in [6.45, 7) is 2.56. The third-order valence-electron chi connectivity index (χ3n) is 4.58. The van der Waals surface area contributed by atoms with E-state index < -0.39 is 0 Å². The molecule has 6 heteroatoms. The fourth-order valence-corrected chi connectivity index (χ4v) is 3.03. The number of hydrogen-bond acceptors (Lipinski definition) is 5. The number of rotatable bonds is 4. The number of amides is 1. The van der Waals surface area contributed by atoms with Crippen molar-refractivity contribution in [1.82, 2.24) is 10.1 Å². The Hall–Kier alpha value is -2.37. The van der Waals surface area contributed by atoms with E-state index in [1.165, 1.54) is 0 Å². The molecular formula is C17H19N3O3. The van der Waals surface area contributed by atoms with E-state index in [2.05, 4.69) is 10.1 Å². The second kappa shape index (κ2) is 5.37. The van der Waals surface area contributed by atoms with Crippen molar-refractivity contribution in [2.75, 3.05) is 18.6 Å². The first-order chi connectivity index (χ1) is 11.2. The summed E-state index contributed by atoms with van der Waals surface area (Å²) < 4.78 is 10.7. The van der Waals surface area contributed by atoms with Gasteiger partial charge in [0.15, 0.2) is 5.82 Å². The lowest BCUT2D eigenvalue weighted by molar-refractivity contribution is -0.117. The number of nitrogens with zero attached hydrogens (tertiary/aromatic N) is 3. The molecule has 1 aromatic carbocycles. The molecule has 1 aliphatic heterocycles. The van der Waals surface area contributed by atoms with Gasteiger partial charge in [0.25, 0.3) is 0 Å². The van der Waals surface area contributed by atoms with Crippen molar-refractivity contribution in [2.45, 2.75) is 38.0 Å². The van der Waals surface area contributed by atoms with Crippen LogP contribution in [0.5, 0.6) is 5.75 Å². The van der Waals surface area contributed by atoms with Gasteiger partial charge in [0.1, 0.15) is 5.75 Å². The minimum Gasteiger partial charge on any atom is -0.497 e. The number of benzene rings is 1. The van der Waals surface area contributed by atoms with Crippen LogP contribution in [0.15, 0.2) is 22.7 Å². The second-order valence-corrected chi connectivity index (χ2v) is 6.32. The number of aromatic nitrogens is 2. The molecule has 1 aliphatic carbocycles. The topological polar surface area (TPSA) is 68.5 Å². The van der Waals surface area contributed by atoms with Crippen molar-refractivity contribution < 1.29 is 14.1 Å². The van der Waals surface area contributed by atoms with Crippen molar-refractivity contribution in [3.63, 3.8) is 0 Å². The molecule has 4 rings (SSSR count). The van der Waals surface area contributed by atoms with Gasteiger partial charge < -0.3 is 14.2 Å². The van der Waals surface area contributed by atoms with Gasteiger partial charge in [-0.15, -0.1) is 0 Å². The van der Waals surface area contributed by atoms with E-state index in [0.717, 1.165) is 35.7 Å². The molecular weight excluding hydrogens is 294 g/mol. The van der Waals surface area contributed by atoms with Crippen LogP contribution in [0.1, 0.15) is 48.4 Å². The first kappa shape index (κ1) is 14.2. The highest BCUT2D eigenvalue weighted by Gasteiger charge is 2.37. The van der Waals surface area contributed by atoms with Crippen molar-refractivity contribution >= 4 is 11.6 Å². The van der Waals surface area contributed by atoms with Crippen LogP contribution >= 0.6 is 0 Å². The van der Waals surface area contributed by atoms with Gasteiger partial charge in [-0.3, -0.25) is 4.79 Å². The van der Waals surface area contributed by atoms with Crippen LogP contribution < -0.4 is 9.64 Å². The average molecular weight is 313 g/mol. The minimum absolute atomic E-state index is 0.0342. The molecule has 2 fully saturated rings. The highest BCUT2D eigenvalue weighted by Crippen LogP contribution is 2.40. The van der Waals surface area contributed by atoms with E-state index in [1.54, 1.807) is 12.0 Å². The van der Waals surface area contributed by atoms with E-state index >= 15 is 0 Å². The Bertz CT molecular complexity index is 751. The van der Waals surface area contributed by atoms with E-state index in [-0.39, 0.29) is 11.8 Å². The maximum absolute atomic E-state index is 12.5. The first-order valence-electron chi connectivity index (χ1n) is 7.94. The maximum Gasteiger partial charge on any atom is 0.232 e. The predicted molar refractivity (Wildman–Crippen MR) is 83.7 cm³/mol. The largest absolute Gasteiger partial charge is 0.497 e. The molecule has 6 nitrogen and oxygen atoms in total. The molecule has 1 amide bonds. The highest BCUT2D eigenvalue weighted by atomic mass is 16.5. The number of methoxy groups -OCH3 is 1. The quantitative estimate of drug-likeness (QED) is 0.868. The first-order valence-corrected chi connectivity index (χ1v) is 7.94. The Labute approximate surface area is 134 Å². The molecule has 2 aromatic rings. The molecule has 1 saturated heterocycles. The third-order valence-corrected chi connectivity index (χ3v) is 4.58. The van der Waals surface area contributed by atoms with E-state index in [1.807, 2.05) is 25.1 Å². The summed E-state index contributed by atoms with van der Waals surface area (Å²) in [6.07, 6.45) is 2.68. The molecule has 0 radical (unpaired) electrons. The van der Waals surface area contributed by atoms with Gasteiger partial charge >= 0.3 is 0 Å². The summed E-state index contributed by atoms with van der Waals surface area (Å²) in [5.74, 6) is 2.63. The van der Waals surface area contributed by atoms with E-state index in [9.17, 15) is 4.79 Å². The number of aryl methyl sites for hydroxylation is 1. The number of hydrogen-bond donors (Lipinski definition) is 0. The summed E-state index contributed by atoms with van der Waals surface area (Å²) in [5.41, 5.74) is 1.93. The molecule has 1 atom stereocenters. The Morgan fingerprint density at radius 1 is 1.30 bits per heavy atom. The summed E-state index contributed by atoms with van der Waals surface area (Å²) in [7, 11) is 1.63. The van der Waals surface area contributed by atoms with Gasteiger partial charge in [-0.2, -0.15) is 4.98 Å². The number of carbonyl (C=O) groups is 1. The fraction of sp³-hybridized carbons (Fsp3) is 0.471. The van der Waals surface area contributed by atoms with E-state index in [0.29, 0.717) is 24.8 Å². The number of ether oxygens (including phenoxy) is 1. The Kier molecular flexibility index (Phi) is 3.32. The van der Waals surface area contributed by atoms with Gasteiger partial charge in [0, 0.05) is 24.9 Å². The lowest BCUT2D eigenvalue weighted by Crippen LogP contribution is -2.25. The smallest absolute Gasteiger partial charge is 0.232 e. The van der Waals surface area contributed by atoms with E-state index in [4.69, 9.17) is 9.26 Å². The van der Waals surface area contributed by atoms with Gasteiger partial charge in [0.05, 0.1) is 18.7 Å². The highest BCUT2D eigenvalue weighted by molar-refractivity contribution is 5.97. The van der Waals surface area contributed by atoms with Gasteiger partial charge in [0.2, 0.25) is 11.8 Å². The molecule has 23 heavy (non-hydrogen) atoms. The Morgan fingerprint density at radius 2 is 2.13 bits per heavy atom. The average Bonchev–Trinajstić information content (AvgIpc) is 3.16. The molecule has 2 heterocycles. The minimum atomic E-state index is -0.0342. The number of anilines is 1. The van der Waals surface area contributed by atoms with Crippen LogP contribution in [-0.4, -0.2) is 29.7 Å². The third kappa shape index (κ3) is 2.58. The summed E-state index contributed by atoms with van der Waals surface area (Å²) in [4.78, 5) is 18.7. The molecule has 1 unspecified atom stereocenters. The van der Waals surface area contributed by atoms with Crippen LogP contribution in [0.4, 0.5) is 5.69 Å². The summed E-state index contributed by atoms with van der Waals surface area (Å²) in [6, 6.07) is 5.77. The zero-order valence-corrected chi connectivity index (χ0v) is 13.3. The molecule has 1 saturated carbocycles. The van der Waals surface area contributed by atoms with Crippen LogP contribution in [-0.2, 0) is 4.79 Å². The zero-order chi connectivity index (χ0) is 16.0. The monoisotopic (exact) mass is 313 g/mol. The summed E-state index contributed by atoms with van der Waals surface area (Å²) in [5, 5.41) is 4.05. The summed E-state index contributed by atoms with van der Waals surface area (Å²) >= 11 is 0. The Balaban J connectivity index is 1.58.